The molecule has 1 aliphatic heterocycles. The lowest BCUT2D eigenvalue weighted by atomic mass is 9.88. The van der Waals surface area contributed by atoms with E-state index in [1.165, 1.54) is 33.2 Å². The quantitative estimate of drug-likeness (QED) is 0.232. The van der Waals surface area contributed by atoms with E-state index in [2.05, 4.69) is 95.8 Å². The molecule has 6 rings (SSSR count). The van der Waals surface area contributed by atoms with E-state index in [0.29, 0.717) is 19.6 Å². The van der Waals surface area contributed by atoms with E-state index in [9.17, 15) is 4.79 Å². The summed E-state index contributed by atoms with van der Waals surface area (Å²) in [5.74, 6) is 1.50. The van der Waals surface area contributed by atoms with E-state index in [4.69, 9.17) is 9.47 Å². The third-order valence-electron chi connectivity index (χ3n) is 7.58. The highest BCUT2D eigenvalue weighted by molar-refractivity contribution is 5.86. The van der Waals surface area contributed by atoms with Crippen LogP contribution in [0.4, 0.5) is 0 Å². The number of ether oxygens (including phenoxy) is 2. The van der Waals surface area contributed by atoms with Crippen molar-refractivity contribution in [3.63, 3.8) is 0 Å². The topological polar surface area (TPSA) is 52.5 Å². The molecule has 1 N–H and O–H groups in total. The Morgan fingerprint density at radius 2 is 1.60 bits per heavy atom. The molecular weight excluding hydrogens is 496 g/mol. The summed E-state index contributed by atoms with van der Waals surface area (Å²) < 4.78 is 14.2. The summed E-state index contributed by atoms with van der Waals surface area (Å²) in [6.45, 7) is 3.71. The van der Waals surface area contributed by atoms with Crippen molar-refractivity contribution in [2.45, 2.75) is 38.3 Å². The number of benzene rings is 4. The van der Waals surface area contributed by atoms with Crippen LogP contribution in [-0.4, -0.2) is 29.7 Å². The van der Waals surface area contributed by atoms with Crippen molar-refractivity contribution < 1.29 is 14.3 Å². The molecule has 1 aliphatic rings. The molecule has 2 unspecified atom stereocenters. The van der Waals surface area contributed by atoms with Crippen LogP contribution in [0.5, 0.6) is 11.5 Å². The van der Waals surface area contributed by atoms with E-state index in [-0.39, 0.29) is 17.9 Å². The van der Waals surface area contributed by atoms with Crippen LogP contribution in [0.15, 0.2) is 109 Å². The molecule has 0 spiro atoms. The number of aryl methyl sites for hydroxylation is 1. The molecule has 5 nitrogen and oxygen atoms in total. The average molecular weight is 531 g/mol. The van der Waals surface area contributed by atoms with Gasteiger partial charge in [0.05, 0.1) is 6.54 Å². The Morgan fingerprint density at radius 1 is 0.875 bits per heavy atom. The molecule has 0 saturated heterocycles. The van der Waals surface area contributed by atoms with Gasteiger partial charge in [-0.3, -0.25) is 4.79 Å². The lowest BCUT2D eigenvalue weighted by molar-refractivity contribution is -0.122. The highest BCUT2D eigenvalue weighted by atomic mass is 16.6. The van der Waals surface area contributed by atoms with Gasteiger partial charge >= 0.3 is 0 Å². The molecule has 0 fully saturated rings. The van der Waals surface area contributed by atoms with Crippen LogP contribution < -0.4 is 14.8 Å². The van der Waals surface area contributed by atoms with Crippen molar-refractivity contribution >= 4 is 16.8 Å². The summed E-state index contributed by atoms with van der Waals surface area (Å²) in [4.78, 5) is 13.4. The molecule has 2 heterocycles. The van der Waals surface area contributed by atoms with Gasteiger partial charge in [-0.2, -0.15) is 0 Å². The van der Waals surface area contributed by atoms with Crippen LogP contribution in [0.25, 0.3) is 10.9 Å². The maximum atomic E-state index is 13.4. The average Bonchev–Trinajstić information content (AvgIpc) is 3.35. The van der Waals surface area contributed by atoms with E-state index >= 15 is 0 Å². The van der Waals surface area contributed by atoms with Crippen LogP contribution in [0.3, 0.4) is 0 Å². The monoisotopic (exact) mass is 530 g/mol. The minimum atomic E-state index is -0.220. The number of rotatable bonds is 9. The highest BCUT2D eigenvalue weighted by Gasteiger charge is 2.24. The van der Waals surface area contributed by atoms with Crippen molar-refractivity contribution in [1.29, 1.82) is 0 Å². The molecule has 0 aliphatic carbocycles. The fraction of sp³-hybridized carbons (Fsp3) is 0.229. The molecule has 0 bridgehead atoms. The van der Waals surface area contributed by atoms with Crippen LogP contribution in [0.1, 0.15) is 34.6 Å². The molecule has 4 aromatic carbocycles. The van der Waals surface area contributed by atoms with Crippen LogP contribution >= 0.6 is 0 Å². The number of fused-ring (bicyclic) bond motifs is 2. The first-order valence-electron chi connectivity index (χ1n) is 13.9. The van der Waals surface area contributed by atoms with E-state index in [0.717, 1.165) is 24.5 Å². The van der Waals surface area contributed by atoms with Crippen molar-refractivity contribution in [2.75, 3.05) is 13.2 Å². The van der Waals surface area contributed by atoms with Gasteiger partial charge in [-0.15, -0.1) is 0 Å². The van der Waals surface area contributed by atoms with Crippen molar-refractivity contribution in [1.82, 2.24) is 9.88 Å². The number of carbonyl (C=O) groups is 1. The summed E-state index contributed by atoms with van der Waals surface area (Å²) in [6, 6.07) is 35.3. The van der Waals surface area contributed by atoms with Gasteiger partial charge in [-0.25, -0.2) is 0 Å². The Balaban J connectivity index is 1.23. The second kappa shape index (κ2) is 11.7. The molecule has 1 aromatic heterocycles. The van der Waals surface area contributed by atoms with Gasteiger partial charge in [0.1, 0.15) is 12.7 Å². The second-order valence-electron chi connectivity index (χ2n) is 10.6. The summed E-state index contributed by atoms with van der Waals surface area (Å²) in [7, 11) is 0. The van der Waals surface area contributed by atoms with Crippen molar-refractivity contribution in [2.24, 2.45) is 0 Å². The summed E-state index contributed by atoms with van der Waals surface area (Å²) >= 11 is 0. The van der Waals surface area contributed by atoms with E-state index in [1.807, 2.05) is 30.3 Å². The smallest absolute Gasteiger partial charge is 0.220 e. The molecule has 0 radical (unpaired) electrons. The lowest BCUT2D eigenvalue weighted by Gasteiger charge is -2.26. The van der Waals surface area contributed by atoms with Gasteiger partial charge in [0, 0.05) is 30.1 Å². The Labute approximate surface area is 235 Å². The van der Waals surface area contributed by atoms with Crippen molar-refractivity contribution in [3.8, 4) is 11.5 Å². The lowest BCUT2D eigenvalue weighted by Crippen LogP contribution is -2.41. The summed E-state index contributed by atoms with van der Waals surface area (Å²) in [5, 5.41) is 4.32. The fourth-order valence-electron chi connectivity index (χ4n) is 5.50. The zero-order chi connectivity index (χ0) is 27.3. The number of hydrogen-bond donors (Lipinski definition) is 1. The number of nitrogens with zero attached hydrogens (tertiary/aromatic N) is 1. The first kappa shape index (κ1) is 25.8. The first-order chi connectivity index (χ1) is 19.6. The van der Waals surface area contributed by atoms with Crippen LogP contribution in [-0.2, 0) is 17.8 Å². The standard InChI is InChI=1S/C35H34N2O3/c1-25-15-17-27(18-16-25)22-37-23-31(30-11-5-6-12-32(30)37)28(19-26-9-3-2-4-10-26)20-35(38)36-21-29-24-39-33-13-7-8-14-34(33)40-29/h2-18,23,28-29H,19-22,24H2,1H3,(H,36,38). The largest absolute Gasteiger partial charge is 0.486 e. The molecule has 5 aromatic rings. The number of para-hydroxylation sites is 3. The Kier molecular flexibility index (Phi) is 7.53. The number of aromatic nitrogens is 1. The van der Waals surface area contributed by atoms with Gasteiger partial charge in [0.25, 0.3) is 0 Å². The van der Waals surface area contributed by atoms with Gasteiger partial charge in [0.2, 0.25) is 5.91 Å². The Morgan fingerprint density at radius 3 is 2.42 bits per heavy atom. The molecule has 40 heavy (non-hydrogen) atoms. The minimum Gasteiger partial charge on any atom is -0.486 e. The zero-order valence-electron chi connectivity index (χ0n) is 22.8. The number of nitrogens with one attached hydrogen (secondary N) is 1. The van der Waals surface area contributed by atoms with Gasteiger partial charge in [-0.05, 0) is 54.2 Å². The van der Waals surface area contributed by atoms with Gasteiger partial charge in [0.15, 0.2) is 11.5 Å². The molecule has 2 atom stereocenters. The third kappa shape index (κ3) is 5.89. The molecule has 202 valence electrons. The first-order valence-corrected chi connectivity index (χ1v) is 13.9. The molecule has 5 heteroatoms. The molecule has 1 amide bonds. The predicted octanol–water partition coefficient (Wildman–Crippen LogP) is 6.67. The predicted molar refractivity (Wildman–Crippen MR) is 159 cm³/mol. The maximum Gasteiger partial charge on any atom is 0.220 e. The van der Waals surface area contributed by atoms with Crippen LogP contribution in [0, 0.1) is 6.92 Å². The van der Waals surface area contributed by atoms with Crippen LogP contribution in [0.2, 0.25) is 0 Å². The highest BCUT2D eigenvalue weighted by Crippen LogP contribution is 2.34. The van der Waals surface area contributed by atoms with Gasteiger partial charge < -0.3 is 19.4 Å². The summed E-state index contributed by atoms with van der Waals surface area (Å²) in [6.07, 6.45) is 3.20. The summed E-state index contributed by atoms with van der Waals surface area (Å²) in [5.41, 5.74) is 6.11. The normalized spacial score (nSPS) is 15.1. The minimum absolute atomic E-state index is 0.0127. The SMILES string of the molecule is Cc1ccc(Cn2cc(C(CC(=O)NCC3COc4ccccc4O3)Cc3ccccc3)c3ccccc32)cc1. The third-order valence-corrected chi connectivity index (χ3v) is 7.58. The van der Waals surface area contributed by atoms with E-state index in [1.54, 1.807) is 0 Å². The Hall–Kier alpha value is -4.51. The Bertz CT molecular complexity index is 1590. The molecule has 0 saturated carbocycles. The number of amides is 1. The van der Waals surface area contributed by atoms with Crippen molar-refractivity contribution in [3.05, 3.63) is 132 Å². The molecular formula is C35H34N2O3. The maximum absolute atomic E-state index is 13.4. The number of carbonyl (C=O) groups excluding carboxylic acids is 1. The number of hydrogen-bond acceptors (Lipinski definition) is 3. The van der Waals surface area contributed by atoms with Gasteiger partial charge in [-0.1, -0.05) is 90.5 Å². The second-order valence-corrected chi connectivity index (χ2v) is 10.6. The fourth-order valence-corrected chi connectivity index (χ4v) is 5.50. The van der Waals surface area contributed by atoms with E-state index < -0.39 is 0 Å². The zero-order valence-corrected chi connectivity index (χ0v) is 22.8.